The van der Waals surface area contributed by atoms with E-state index < -0.39 is 0 Å². The fraction of sp³-hybridized carbons (Fsp3) is 0.200. The monoisotopic (exact) mass is 349 g/mol. The van der Waals surface area contributed by atoms with Crippen LogP contribution in [0.4, 0.5) is 0 Å². The molecule has 0 unspecified atom stereocenters. The van der Waals surface area contributed by atoms with E-state index >= 15 is 0 Å². The van der Waals surface area contributed by atoms with Gasteiger partial charge in [0.05, 0.1) is 19.0 Å². The second-order valence-corrected chi connectivity index (χ2v) is 6.84. The Morgan fingerprint density at radius 3 is 2.92 bits per heavy atom. The quantitative estimate of drug-likeness (QED) is 0.623. The number of amides is 1. The Balaban J connectivity index is 1.78. The molecule has 0 atom stereocenters. The molecular formula is C20H19N3OS. The van der Waals surface area contributed by atoms with Crippen LogP contribution in [0.3, 0.4) is 0 Å². The average Bonchev–Trinajstić information content (AvgIpc) is 3.26. The SMILES string of the molecule is CN(Cc1cccs1)C(=O)/C=C/c1cn(CCC#N)c2ccccc12. The van der Waals surface area contributed by atoms with Crippen molar-refractivity contribution >= 4 is 34.2 Å². The highest BCUT2D eigenvalue weighted by molar-refractivity contribution is 7.09. The lowest BCUT2D eigenvalue weighted by Gasteiger charge is -2.13. The van der Waals surface area contributed by atoms with Gasteiger partial charge in [-0.05, 0) is 23.6 Å². The minimum absolute atomic E-state index is 0.0257. The number of benzene rings is 1. The number of nitrogens with zero attached hydrogens (tertiary/aromatic N) is 3. The Kier molecular flexibility index (Phi) is 5.32. The molecule has 0 saturated heterocycles. The summed E-state index contributed by atoms with van der Waals surface area (Å²) in [6, 6.07) is 14.2. The molecule has 4 nitrogen and oxygen atoms in total. The highest BCUT2D eigenvalue weighted by Crippen LogP contribution is 2.23. The largest absolute Gasteiger partial charge is 0.346 e. The van der Waals surface area contributed by atoms with Crippen molar-refractivity contribution in [2.75, 3.05) is 7.05 Å². The first-order valence-corrected chi connectivity index (χ1v) is 8.97. The van der Waals surface area contributed by atoms with Crippen molar-refractivity contribution in [3.8, 4) is 6.07 Å². The van der Waals surface area contributed by atoms with E-state index in [1.54, 1.807) is 22.3 Å². The van der Waals surface area contributed by atoms with Gasteiger partial charge in [-0.2, -0.15) is 5.26 Å². The van der Waals surface area contributed by atoms with Crippen molar-refractivity contribution in [3.63, 3.8) is 0 Å². The molecule has 0 saturated carbocycles. The molecule has 3 aromatic rings. The molecule has 0 N–H and O–H groups in total. The van der Waals surface area contributed by atoms with E-state index in [1.165, 1.54) is 0 Å². The Morgan fingerprint density at radius 1 is 1.32 bits per heavy atom. The van der Waals surface area contributed by atoms with Gasteiger partial charge in [-0.25, -0.2) is 0 Å². The molecule has 0 fully saturated rings. The number of hydrogen-bond acceptors (Lipinski definition) is 3. The van der Waals surface area contributed by atoms with Crippen molar-refractivity contribution in [1.82, 2.24) is 9.47 Å². The van der Waals surface area contributed by atoms with Crippen LogP contribution in [0.1, 0.15) is 16.9 Å². The van der Waals surface area contributed by atoms with Crippen LogP contribution in [0.2, 0.25) is 0 Å². The van der Waals surface area contributed by atoms with Crippen LogP contribution in [0.5, 0.6) is 0 Å². The third-order valence-corrected chi connectivity index (χ3v) is 4.90. The first kappa shape index (κ1) is 17.0. The summed E-state index contributed by atoms with van der Waals surface area (Å²) in [5.74, 6) is -0.0257. The summed E-state index contributed by atoms with van der Waals surface area (Å²) in [5.41, 5.74) is 2.07. The zero-order valence-corrected chi connectivity index (χ0v) is 14.9. The summed E-state index contributed by atoms with van der Waals surface area (Å²) >= 11 is 1.65. The molecular weight excluding hydrogens is 330 g/mol. The molecule has 0 radical (unpaired) electrons. The highest BCUT2D eigenvalue weighted by atomic mass is 32.1. The molecule has 5 heteroatoms. The minimum Gasteiger partial charge on any atom is -0.346 e. The Hall–Kier alpha value is -2.84. The van der Waals surface area contributed by atoms with Gasteiger partial charge in [0.1, 0.15) is 0 Å². The number of hydrogen-bond donors (Lipinski definition) is 0. The van der Waals surface area contributed by atoms with Gasteiger partial charge in [-0.15, -0.1) is 11.3 Å². The number of carbonyl (C=O) groups is 1. The molecule has 0 aliphatic carbocycles. The van der Waals surface area contributed by atoms with Gasteiger partial charge in [-0.1, -0.05) is 24.3 Å². The predicted octanol–water partition coefficient (Wildman–Crippen LogP) is 4.29. The summed E-state index contributed by atoms with van der Waals surface area (Å²) in [7, 11) is 1.81. The van der Waals surface area contributed by atoms with Gasteiger partial charge in [0, 0.05) is 47.2 Å². The molecule has 25 heavy (non-hydrogen) atoms. The maximum atomic E-state index is 12.4. The number of carbonyl (C=O) groups excluding carboxylic acids is 1. The molecule has 1 aromatic carbocycles. The summed E-state index contributed by atoms with van der Waals surface area (Å²) in [4.78, 5) is 15.2. The first-order chi connectivity index (χ1) is 12.2. The maximum absolute atomic E-state index is 12.4. The molecule has 2 aromatic heterocycles. The van der Waals surface area contributed by atoms with Gasteiger partial charge >= 0.3 is 0 Å². The third kappa shape index (κ3) is 3.98. The zero-order chi connectivity index (χ0) is 17.6. The first-order valence-electron chi connectivity index (χ1n) is 8.09. The summed E-state index contributed by atoms with van der Waals surface area (Å²) in [6.07, 6.45) is 5.94. The molecule has 0 spiro atoms. The molecule has 2 heterocycles. The van der Waals surface area contributed by atoms with Crippen molar-refractivity contribution in [2.24, 2.45) is 0 Å². The van der Waals surface area contributed by atoms with E-state index in [0.29, 0.717) is 19.5 Å². The number of fused-ring (bicyclic) bond motifs is 1. The van der Waals surface area contributed by atoms with Gasteiger partial charge in [-0.3, -0.25) is 4.79 Å². The van der Waals surface area contributed by atoms with E-state index in [-0.39, 0.29) is 5.91 Å². The van der Waals surface area contributed by atoms with Crippen molar-refractivity contribution in [2.45, 2.75) is 19.5 Å². The fourth-order valence-corrected chi connectivity index (χ4v) is 3.52. The number of thiophene rings is 1. The van der Waals surface area contributed by atoms with E-state index in [1.807, 2.05) is 61.1 Å². The third-order valence-electron chi connectivity index (χ3n) is 4.04. The topological polar surface area (TPSA) is 49.0 Å². The van der Waals surface area contributed by atoms with Crippen LogP contribution in [0.25, 0.3) is 17.0 Å². The van der Waals surface area contributed by atoms with E-state index in [0.717, 1.165) is 21.3 Å². The lowest BCUT2D eigenvalue weighted by molar-refractivity contribution is -0.125. The number of aromatic nitrogens is 1. The summed E-state index contributed by atoms with van der Waals surface area (Å²) in [6.45, 7) is 1.27. The van der Waals surface area contributed by atoms with Crippen molar-refractivity contribution in [1.29, 1.82) is 5.26 Å². The maximum Gasteiger partial charge on any atom is 0.246 e. The summed E-state index contributed by atoms with van der Waals surface area (Å²) in [5, 5.41) is 11.9. The standard InChI is InChI=1S/C20H19N3OS/c1-22(15-17-6-4-13-25-17)20(24)10-9-16-14-23(12-5-11-21)19-8-3-2-7-18(16)19/h2-4,6-10,13-14H,5,12,15H2,1H3/b10-9+. The Morgan fingerprint density at radius 2 is 2.16 bits per heavy atom. The van der Waals surface area contributed by atoms with Crippen molar-refractivity contribution < 1.29 is 4.79 Å². The van der Waals surface area contributed by atoms with Crippen LogP contribution in [-0.2, 0) is 17.9 Å². The lowest BCUT2D eigenvalue weighted by Crippen LogP contribution is -2.23. The van der Waals surface area contributed by atoms with Crippen LogP contribution >= 0.6 is 11.3 Å². The summed E-state index contributed by atoms with van der Waals surface area (Å²) < 4.78 is 2.07. The van der Waals surface area contributed by atoms with E-state index in [2.05, 4.69) is 10.6 Å². The second-order valence-electron chi connectivity index (χ2n) is 5.81. The fourth-order valence-electron chi connectivity index (χ4n) is 2.77. The number of nitriles is 1. The Labute approximate surface area is 151 Å². The molecule has 126 valence electrons. The lowest BCUT2D eigenvalue weighted by atomic mass is 10.1. The van der Waals surface area contributed by atoms with Crippen LogP contribution in [0.15, 0.2) is 54.1 Å². The van der Waals surface area contributed by atoms with Crippen LogP contribution < -0.4 is 0 Å². The van der Waals surface area contributed by atoms with Gasteiger partial charge in [0.25, 0.3) is 0 Å². The number of rotatable bonds is 6. The van der Waals surface area contributed by atoms with Gasteiger partial charge in [0.15, 0.2) is 0 Å². The minimum atomic E-state index is -0.0257. The predicted molar refractivity (Wildman–Crippen MR) is 102 cm³/mol. The molecule has 3 rings (SSSR count). The van der Waals surface area contributed by atoms with Crippen molar-refractivity contribution in [3.05, 3.63) is 64.5 Å². The normalized spacial score (nSPS) is 11.0. The van der Waals surface area contributed by atoms with Gasteiger partial charge < -0.3 is 9.47 Å². The zero-order valence-electron chi connectivity index (χ0n) is 14.1. The second kappa shape index (κ2) is 7.82. The molecule has 0 aliphatic rings. The molecule has 0 bridgehead atoms. The van der Waals surface area contributed by atoms with Crippen LogP contribution in [-0.4, -0.2) is 22.4 Å². The number of aryl methyl sites for hydroxylation is 1. The Bertz CT molecular complexity index is 932. The average molecular weight is 349 g/mol. The van der Waals surface area contributed by atoms with Gasteiger partial charge in [0.2, 0.25) is 5.91 Å². The highest BCUT2D eigenvalue weighted by Gasteiger charge is 2.09. The smallest absolute Gasteiger partial charge is 0.246 e. The van der Waals surface area contributed by atoms with Crippen LogP contribution in [0, 0.1) is 11.3 Å². The van der Waals surface area contributed by atoms with E-state index in [9.17, 15) is 4.79 Å². The van der Waals surface area contributed by atoms with E-state index in [4.69, 9.17) is 5.26 Å². The molecule has 0 aliphatic heterocycles. The molecule has 1 amide bonds. The number of para-hydroxylation sites is 1. The number of likely N-dealkylation sites (N-methyl/N-ethyl adjacent to an activating group) is 1.